The first-order valence-corrected chi connectivity index (χ1v) is 44.6. The van der Waals surface area contributed by atoms with E-state index in [0.29, 0.717) is 12.8 Å². The molecule has 6 heterocycles. The monoisotopic (exact) mass is 1730 g/mol. The van der Waals surface area contributed by atoms with Crippen LogP contribution in [0.25, 0.3) is 0 Å². The van der Waals surface area contributed by atoms with Crippen LogP contribution in [0, 0.1) is 0 Å². The first-order valence-electron chi connectivity index (χ1n) is 44.6. The molecule has 0 saturated carbocycles. The first-order chi connectivity index (χ1) is 57.8. The molecule has 0 spiro atoms. The van der Waals surface area contributed by atoms with E-state index < -0.39 is 254 Å². The number of hydrogen-bond acceptors (Lipinski definition) is 33. The first kappa shape index (κ1) is 105. The molecule has 6 saturated heterocycles. The number of unbranched alkanes of at least 4 members (excludes halogenated alkanes) is 30. The molecule has 0 bridgehead atoms. The molecule has 6 aliphatic heterocycles. The number of carbonyl (C=O) groups is 3. The Labute approximate surface area is 706 Å². The number of hydrogen-bond donors (Lipinski definition) is 21. The molecule has 12 unspecified atom stereocenters. The summed E-state index contributed by atoms with van der Waals surface area (Å²) in [6.45, 7) is 0.220. The van der Waals surface area contributed by atoms with Crippen LogP contribution >= 0.6 is 0 Å². The summed E-state index contributed by atoms with van der Waals surface area (Å²) in [6, 6.07) is -4.67. The van der Waals surface area contributed by atoms with Gasteiger partial charge >= 0.3 is 0 Å². The second kappa shape index (κ2) is 58.2. The lowest BCUT2D eigenvalue weighted by Crippen LogP contribution is -2.70. The molecule has 0 aromatic heterocycles. The molecular weight excluding hydrogens is 1580 g/mol. The van der Waals surface area contributed by atoms with Crippen LogP contribution in [0.15, 0.2) is 24.3 Å². The van der Waals surface area contributed by atoms with Crippen LogP contribution in [0.2, 0.25) is 0 Å². The zero-order valence-electron chi connectivity index (χ0n) is 70.9. The number of rotatable bonds is 59. The second-order valence-corrected chi connectivity index (χ2v) is 33.2. The van der Waals surface area contributed by atoms with Gasteiger partial charge in [0, 0.05) is 20.3 Å². The van der Waals surface area contributed by atoms with Crippen molar-refractivity contribution in [2.45, 2.75) is 442 Å². The molecule has 0 aliphatic carbocycles. The minimum Gasteiger partial charge on any atom is -0.394 e. The molecule has 36 heteroatoms. The van der Waals surface area contributed by atoms with Gasteiger partial charge in [0.2, 0.25) is 17.7 Å². The Hall–Kier alpha value is -3.31. The highest BCUT2D eigenvalue weighted by atomic mass is 16.8. The van der Waals surface area contributed by atoms with E-state index in [-0.39, 0.29) is 12.3 Å². The highest BCUT2D eigenvalue weighted by molar-refractivity contribution is 5.76. The number of aliphatic hydroxyl groups is 18. The summed E-state index contributed by atoms with van der Waals surface area (Å²) in [4.78, 5) is 39.5. The lowest BCUT2D eigenvalue weighted by molar-refractivity contribution is -0.385. The molecule has 6 rings (SSSR count). The third-order valence-corrected chi connectivity index (χ3v) is 23.4. The summed E-state index contributed by atoms with van der Waals surface area (Å²) in [6.07, 6.45) is -8.94. The number of aliphatic hydroxyl groups excluding tert-OH is 18. The van der Waals surface area contributed by atoms with Crippen molar-refractivity contribution in [3.05, 3.63) is 24.3 Å². The van der Waals surface area contributed by atoms with Crippen molar-refractivity contribution < 1.29 is 163 Å². The van der Waals surface area contributed by atoms with E-state index in [4.69, 9.17) is 56.8 Å². The maximum Gasteiger partial charge on any atom is 0.220 e. The third kappa shape index (κ3) is 34.0. The second-order valence-electron chi connectivity index (χ2n) is 33.2. The van der Waals surface area contributed by atoms with Gasteiger partial charge in [0.25, 0.3) is 0 Å². The number of nitrogens with one attached hydrogen (secondary N) is 3. The average Bonchev–Trinajstić information content (AvgIpc) is 0.767. The van der Waals surface area contributed by atoms with Gasteiger partial charge in [-0.1, -0.05) is 205 Å². The van der Waals surface area contributed by atoms with E-state index in [1.54, 1.807) is 6.08 Å². The van der Waals surface area contributed by atoms with Gasteiger partial charge in [-0.2, -0.15) is 0 Å². The zero-order valence-corrected chi connectivity index (χ0v) is 70.9. The summed E-state index contributed by atoms with van der Waals surface area (Å²) < 4.78 is 71.6. The Bertz CT molecular complexity index is 2790. The fourth-order valence-electron chi connectivity index (χ4n) is 16.1. The molecular formula is C84H151N3O33. The van der Waals surface area contributed by atoms with Crippen LogP contribution in [0.1, 0.15) is 246 Å². The highest BCUT2D eigenvalue weighted by Crippen LogP contribution is 2.37. The predicted octanol–water partition coefficient (Wildman–Crippen LogP) is 0.473. The van der Waals surface area contributed by atoms with Crippen LogP contribution in [0.3, 0.4) is 0 Å². The number of allylic oxidation sites excluding steroid dienone is 3. The lowest BCUT2D eigenvalue weighted by Gasteiger charge is -2.50. The van der Waals surface area contributed by atoms with Crippen molar-refractivity contribution in [2.75, 3.05) is 46.2 Å². The van der Waals surface area contributed by atoms with E-state index >= 15 is 0 Å². The Morgan fingerprint density at radius 1 is 0.333 bits per heavy atom. The predicted molar refractivity (Wildman–Crippen MR) is 431 cm³/mol. The molecule has 6 aliphatic rings. The molecule has 3 amide bonds. The van der Waals surface area contributed by atoms with Crippen LogP contribution in [-0.4, -0.2) is 352 Å². The average molecular weight is 1730 g/mol. The number of ether oxygens (including phenoxy) is 12. The van der Waals surface area contributed by atoms with Gasteiger partial charge in [-0.05, 0) is 44.9 Å². The zero-order chi connectivity index (χ0) is 87.6. The Morgan fingerprint density at radius 2 is 0.667 bits per heavy atom. The number of carbonyl (C=O) groups excluding carboxylic acids is 3. The van der Waals surface area contributed by atoms with Crippen molar-refractivity contribution in [1.82, 2.24) is 16.0 Å². The fraction of sp³-hybridized carbons (Fsp3) is 0.917. The maximum atomic E-state index is 13.7. The molecule has 32 atom stereocenters. The molecule has 21 N–H and O–H groups in total. The van der Waals surface area contributed by atoms with Crippen molar-refractivity contribution in [3.8, 4) is 0 Å². The van der Waals surface area contributed by atoms with Gasteiger partial charge < -0.3 is 165 Å². The summed E-state index contributed by atoms with van der Waals surface area (Å²) in [7, 11) is 0. The van der Waals surface area contributed by atoms with E-state index in [1.807, 2.05) is 6.08 Å². The SMILES string of the molecule is CCCCCCCC/C=C\CCCCCCCCCCCCCCCC(=O)N[C@@H](CO[C@@H]1OC(CO)[C@@H](O[C@@H]2OC(CO[C@@H]3OC(CO)[C@@H](O[C@@H]4OC(CO)[C@H](O)[C@H](O)C4O)[C@H](O)C3NC(C)=O)[C@H](O)[C@H](O[C@@H]3OC(CO)[C@@H](O[C@@H]4OC(CO)[C@H](O)[C@H](O)C4O)[C@H](O)C3NC(C)=O)C2O)[C@H](O)C1O)[C@H](O)/C=C/CCCCCCCCCCCCC. The highest BCUT2D eigenvalue weighted by Gasteiger charge is 2.58. The van der Waals surface area contributed by atoms with E-state index in [0.717, 1.165) is 71.6 Å². The van der Waals surface area contributed by atoms with Crippen molar-refractivity contribution in [2.24, 2.45) is 0 Å². The Balaban J connectivity index is 1.14. The van der Waals surface area contributed by atoms with E-state index in [9.17, 15) is 106 Å². The molecule has 700 valence electrons. The van der Waals surface area contributed by atoms with Crippen molar-refractivity contribution >= 4 is 17.7 Å². The summed E-state index contributed by atoms with van der Waals surface area (Å²) >= 11 is 0. The molecule has 0 aromatic rings. The van der Waals surface area contributed by atoms with Gasteiger partial charge in [0.15, 0.2) is 37.7 Å². The van der Waals surface area contributed by atoms with Gasteiger partial charge in [-0.15, -0.1) is 0 Å². The Kier molecular flexibility index (Phi) is 51.2. The summed E-state index contributed by atoms with van der Waals surface area (Å²) in [5, 5.41) is 208. The number of amides is 3. The standard InChI is InChI=1S/C84H151N3O33/c1-5-7-9-11-13-15-17-19-20-21-22-23-24-25-26-27-28-30-32-34-36-38-40-42-60(96)87-52(53(95)41-39-37-35-33-31-29-18-16-14-12-10-8-6-2)48-109-81-73(107)70(104)77(58(47-92)115-81)119-84-74(108)78(120-80-62(86-51(4)94)67(101)76(57(46-91)114-80)118-83-72(106)69(103)64(98)55(44-89)112-83)65(99)59(116-84)49-110-79-61(85-50(3)93)66(100)75(56(45-90)113-79)117-82-71(105)68(102)63(97)54(43-88)111-82/h19-20,39,41,52-59,61-84,88-92,95,97-108H,5-18,21-38,40,42-49H2,1-4H3,(H,85,93)(H,86,94)(H,87,96)/b20-19-,41-39+/t52-,53+,54?,55?,56?,57?,58?,59?,61?,62?,63-,64-,65-,66+,67+,68-,69-,70+,71?,72?,73?,74?,75+,76+,77+,78-,79+,80-,81+,82-,83-,84-/m0/s1. The van der Waals surface area contributed by atoms with Gasteiger partial charge in [-0.3, -0.25) is 14.4 Å². The van der Waals surface area contributed by atoms with Crippen molar-refractivity contribution in [1.29, 1.82) is 0 Å². The van der Waals surface area contributed by atoms with Crippen LogP contribution in [0.5, 0.6) is 0 Å². The van der Waals surface area contributed by atoms with Gasteiger partial charge in [-0.25, -0.2) is 0 Å². The topological polar surface area (TPSA) is 562 Å². The molecule has 36 nitrogen and oxygen atoms in total. The van der Waals surface area contributed by atoms with Crippen molar-refractivity contribution in [3.63, 3.8) is 0 Å². The summed E-state index contributed by atoms with van der Waals surface area (Å²) in [5.74, 6) is -2.05. The van der Waals surface area contributed by atoms with E-state index in [1.165, 1.54) is 141 Å². The fourth-order valence-corrected chi connectivity index (χ4v) is 16.1. The van der Waals surface area contributed by atoms with E-state index in [2.05, 4.69) is 41.9 Å². The molecule has 120 heavy (non-hydrogen) atoms. The van der Waals surface area contributed by atoms with Crippen LogP contribution in [-0.2, 0) is 71.2 Å². The smallest absolute Gasteiger partial charge is 0.220 e. The normalized spacial score (nSPS) is 35.6. The quantitative estimate of drug-likeness (QED) is 0.0291. The molecule has 0 radical (unpaired) electrons. The Morgan fingerprint density at radius 3 is 1.08 bits per heavy atom. The van der Waals surface area contributed by atoms with Crippen LogP contribution in [0.4, 0.5) is 0 Å². The summed E-state index contributed by atoms with van der Waals surface area (Å²) in [5.41, 5.74) is 0. The lowest BCUT2D eigenvalue weighted by atomic mass is 9.94. The van der Waals surface area contributed by atoms with Crippen LogP contribution < -0.4 is 16.0 Å². The van der Waals surface area contributed by atoms with Gasteiger partial charge in [0.1, 0.15) is 146 Å². The minimum atomic E-state index is -2.32. The maximum absolute atomic E-state index is 13.7. The van der Waals surface area contributed by atoms with Gasteiger partial charge in [0.05, 0.1) is 58.4 Å². The minimum absolute atomic E-state index is 0.143. The largest absolute Gasteiger partial charge is 0.394 e. The molecule has 6 fully saturated rings. The molecule has 0 aromatic carbocycles. The third-order valence-electron chi connectivity index (χ3n) is 23.4.